The summed E-state index contributed by atoms with van der Waals surface area (Å²) in [6, 6.07) is -0.339. The maximum atomic E-state index is 9.63. The van der Waals surface area contributed by atoms with Crippen LogP contribution in [0.3, 0.4) is 0 Å². The monoisotopic (exact) mass is 205 g/mol. The van der Waals surface area contributed by atoms with Gasteiger partial charge in [0.05, 0.1) is 6.61 Å². The quantitative estimate of drug-likeness (QED) is 0.310. The van der Waals surface area contributed by atoms with E-state index in [0.29, 0.717) is 6.42 Å². The lowest BCUT2D eigenvalue weighted by molar-refractivity contribution is -0.241. The van der Waals surface area contributed by atoms with Crippen LogP contribution in [0.5, 0.6) is 0 Å². The van der Waals surface area contributed by atoms with Crippen molar-refractivity contribution in [1.82, 2.24) is 0 Å². The van der Waals surface area contributed by atoms with Gasteiger partial charge in [-0.3, -0.25) is 0 Å². The van der Waals surface area contributed by atoms with E-state index in [1.165, 1.54) is 0 Å². The summed E-state index contributed by atoms with van der Waals surface area (Å²) in [6.45, 7) is -0.403. The summed E-state index contributed by atoms with van der Waals surface area (Å²) in [5.74, 6) is 0. The molecule has 0 bridgehead atoms. The van der Waals surface area contributed by atoms with E-state index >= 15 is 0 Å². The molecule has 1 aliphatic heterocycles. The van der Waals surface area contributed by atoms with E-state index in [1.807, 2.05) is 0 Å². The highest BCUT2D eigenvalue weighted by Crippen LogP contribution is 2.47. The highest BCUT2D eigenvalue weighted by molar-refractivity contribution is 5.19. The van der Waals surface area contributed by atoms with E-state index in [-0.39, 0.29) is 6.04 Å². The molecule has 1 aliphatic carbocycles. The van der Waals surface area contributed by atoms with Crippen molar-refractivity contribution >= 4 is 0 Å². The average Bonchev–Trinajstić information content (AvgIpc) is 2.81. The molecule has 2 rings (SSSR count). The van der Waals surface area contributed by atoms with Crippen LogP contribution in [0, 0.1) is 0 Å². The number of aliphatic hydroxyl groups is 4. The third kappa shape index (κ3) is 1.19. The molecular weight excluding hydrogens is 190 g/mol. The van der Waals surface area contributed by atoms with Crippen LogP contribution in [0.4, 0.5) is 0 Å². The Morgan fingerprint density at radius 3 is 2.29 bits per heavy atom. The second-order valence-electron chi connectivity index (χ2n) is 4.03. The predicted octanol–water partition coefficient (Wildman–Crippen LogP) is -3.07. The molecule has 0 radical (unpaired) electrons. The largest absolute Gasteiger partial charge is 0.394 e. The van der Waals surface area contributed by atoms with Gasteiger partial charge in [0.25, 0.3) is 0 Å². The van der Waals surface area contributed by atoms with Gasteiger partial charge in [0.15, 0.2) is 0 Å². The molecule has 2 fully saturated rings. The second-order valence-corrected chi connectivity index (χ2v) is 4.03. The predicted molar refractivity (Wildman–Crippen MR) is 45.3 cm³/mol. The topological polar surface area (TPSA) is 116 Å². The lowest BCUT2D eigenvalue weighted by Gasteiger charge is -2.41. The van der Waals surface area contributed by atoms with E-state index in [9.17, 15) is 15.3 Å². The van der Waals surface area contributed by atoms with Gasteiger partial charge in [-0.25, -0.2) is 0 Å². The Bertz CT molecular complexity index is 236. The molecule has 1 spiro atoms. The van der Waals surface area contributed by atoms with Gasteiger partial charge < -0.3 is 30.9 Å². The zero-order valence-electron chi connectivity index (χ0n) is 7.58. The van der Waals surface area contributed by atoms with Crippen LogP contribution in [0.1, 0.15) is 6.42 Å². The SMILES string of the molecule is N[C@@H]1C[C@@]12O[C@H](CO)[C@H](O)[C@H](O)[C@H]2O. The molecule has 6 nitrogen and oxygen atoms in total. The van der Waals surface area contributed by atoms with Crippen LogP contribution in [-0.2, 0) is 4.74 Å². The molecular formula is C8H15NO5. The fraction of sp³-hybridized carbons (Fsp3) is 1.00. The third-order valence-electron chi connectivity index (χ3n) is 3.11. The average molecular weight is 205 g/mol. The van der Waals surface area contributed by atoms with Crippen LogP contribution in [0.25, 0.3) is 0 Å². The standard InChI is InChI=1S/C8H15NO5/c9-4-1-8(4)7(13)6(12)5(11)3(2-10)14-8/h3-7,10-13H,1-2,9H2/t3-,4-,5+,6+,7-,8-/m1/s1. The molecule has 0 aromatic carbocycles. The number of aliphatic hydroxyl groups excluding tert-OH is 4. The highest BCUT2D eigenvalue weighted by atomic mass is 16.6. The molecule has 1 saturated heterocycles. The van der Waals surface area contributed by atoms with Crippen molar-refractivity contribution in [2.45, 2.75) is 42.5 Å². The number of hydrogen-bond donors (Lipinski definition) is 5. The molecule has 0 amide bonds. The van der Waals surface area contributed by atoms with Gasteiger partial charge in [0.1, 0.15) is 30.0 Å². The molecule has 14 heavy (non-hydrogen) atoms. The Balaban J connectivity index is 2.16. The number of ether oxygens (including phenoxy) is 1. The summed E-state index contributed by atoms with van der Waals surface area (Å²) >= 11 is 0. The van der Waals surface area contributed by atoms with Crippen LogP contribution in [-0.4, -0.2) is 63.1 Å². The van der Waals surface area contributed by atoms with Crippen LogP contribution in [0.15, 0.2) is 0 Å². The molecule has 0 aromatic heterocycles. The Morgan fingerprint density at radius 2 is 1.86 bits per heavy atom. The van der Waals surface area contributed by atoms with Crippen molar-refractivity contribution in [1.29, 1.82) is 0 Å². The Morgan fingerprint density at radius 1 is 1.29 bits per heavy atom. The first-order valence-corrected chi connectivity index (χ1v) is 4.61. The molecule has 0 unspecified atom stereocenters. The lowest BCUT2D eigenvalue weighted by atomic mass is 9.93. The number of nitrogens with two attached hydrogens (primary N) is 1. The van der Waals surface area contributed by atoms with E-state index in [4.69, 9.17) is 15.6 Å². The number of rotatable bonds is 1. The molecule has 6 atom stereocenters. The zero-order chi connectivity index (χ0) is 10.5. The maximum absolute atomic E-state index is 9.63. The van der Waals surface area contributed by atoms with E-state index in [2.05, 4.69) is 0 Å². The first-order chi connectivity index (χ1) is 6.53. The van der Waals surface area contributed by atoms with E-state index < -0.39 is 36.6 Å². The van der Waals surface area contributed by atoms with Gasteiger partial charge in [0.2, 0.25) is 0 Å². The summed E-state index contributed by atoms with van der Waals surface area (Å²) in [7, 11) is 0. The highest BCUT2D eigenvalue weighted by Gasteiger charge is 2.65. The molecule has 0 aromatic rings. The summed E-state index contributed by atoms with van der Waals surface area (Å²) in [4.78, 5) is 0. The van der Waals surface area contributed by atoms with Gasteiger partial charge in [-0.05, 0) is 6.42 Å². The van der Waals surface area contributed by atoms with Crippen LogP contribution >= 0.6 is 0 Å². The van der Waals surface area contributed by atoms with Gasteiger partial charge in [-0.1, -0.05) is 0 Å². The number of hydrogen-bond acceptors (Lipinski definition) is 6. The minimum Gasteiger partial charge on any atom is -0.394 e. The van der Waals surface area contributed by atoms with Crippen molar-refractivity contribution in [3.8, 4) is 0 Å². The fourth-order valence-electron chi connectivity index (χ4n) is 2.02. The normalized spacial score (nSPS) is 57.6. The van der Waals surface area contributed by atoms with E-state index in [0.717, 1.165) is 0 Å². The van der Waals surface area contributed by atoms with Crippen LogP contribution < -0.4 is 5.73 Å². The summed E-state index contributed by atoms with van der Waals surface area (Å²) < 4.78 is 5.31. The van der Waals surface area contributed by atoms with Gasteiger partial charge in [-0.15, -0.1) is 0 Å². The molecule has 82 valence electrons. The lowest BCUT2D eigenvalue weighted by Crippen LogP contribution is -2.61. The third-order valence-corrected chi connectivity index (χ3v) is 3.11. The molecule has 6 N–H and O–H groups in total. The van der Waals surface area contributed by atoms with Crippen molar-refractivity contribution in [2.24, 2.45) is 5.73 Å². The first-order valence-electron chi connectivity index (χ1n) is 4.61. The Labute approximate surface area is 80.9 Å². The van der Waals surface area contributed by atoms with Gasteiger partial charge in [-0.2, -0.15) is 0 Å². The molecule has 1 heterocycles. The maximum Gasteiger partial charge on any atom is 0.114 e. The van der Waals surface area contributed by atoms with Crippen molar-refractivity contribution in [3.05, 3.63) is 0 Å². The van der Waals surface area contributed by atoms with Crippen molar-refractivity contribution in [2.75, 3.05) is 6.61 Å². The molecule has 2 aliphatic rings. The Hall–Kier alpha value is -0.240. The molecule has 1 saturated carbocycles. The van der Waals surface area contributed by atoms with Crippen LogP contribution in [0.2, 0.25) is 0 Å². The summed E-state index contributed by atoms with van der Waals surface area (Å²) in [5, 5.41) is 37.4. The first kappa shape index (κ1) is 10.3. The second kappa shape index (κ2) is 3.13. The van der Waals surface area contributed by atoms with Gasteiger partial charge >= 0.3 is 0 Å². The minimum atomic E-state index is -1.31. The van der Waals surface area contributed by atoms with Crippen molar-refractivity contribution in [3.63, 3.8) is 0 Å². The Kier molecular flexibility index (Phi) is 2.30. The van der Waals surface area contributed by atoms with E-state index in [1.54, 1.807) is 0 Å². The van der Waals surface area contributed by atoms with Gasteiger partial charge in [0, 0.05) is 6.04 Å². The zero-order valence-corrected chi connectivity index (χ0v) is 7.58. The molecule has 6 heteroatoms. The minimum absolute atomic E-state index is 0.339. The summed E-state index contributed by atoms with van der Waals surface area (Å²) in [5.41, 5.74) is 4.62. The summed E-state index contributed by atoms with van der Waals surface area (Å²) in [6.07, 6.45) is -4.20. The smallest absolute Gasteiger partial charge is 0.114 e. The van der Waals surface area contributed by atoms with Crippen molar-refractivity contribution < 1.29 is 25.2 Å². The fourth-order valence-corrected chi connectivity index (χ4v) is 2.02.